The minimum Gasteiger partial charge on any atom is -0.381 e. The van der Waals surface area contributed by atoms with Crippen LogP contribution in [0.1, 0.15) is 26.7 Å². The van der Waals surface area contributed by atoms with Gasteiger partial charge in [0.05, 0.1) is 19.3 Å². The van der Waals surface area contributed by atoms with Crippen molar-refractivity contribution >= 4 is 0 Å². The van der Waals surface area contributed by atoms with Crippen molar-refractivity contribution in [3.63, 3.8) is 0 Å². The van der Waals surface area contributed by atoms with Crippen LogP contribution in [0.4, 0.5) is 0 Å². The molecule has 0 aliphatic carbocycles. The van der Waals surface area contributed by atoms with Crippen LogP contribution in [0.5, 0.6) is 0 Å². The van der Waals surface area contributed by atoms with Gasteiger partial charge in [0.2, 0.25) is 0 Å². The summed E-state index contributed by atoms with van der Waals surface area (Å²) >= 11 is 0. The molecule has 18 heavy (non-hydrogen) atoms. The normalized spacial score (nSPS) is 34.7. The molecule has 0 aromatic rings. The Bertz CT molecular complexity index is 238. The molecule has 1 N–H and O–H groups in total. The zero-order valence-electron chi connectivity index (χ0n) is 11.9. The molecule has 4 nitrogen and oxygen atoms in total. The molecule has 2 aliphatic heterocycles. The van der Waals surface area contributed by atoms with Crippen molar-refractivity contribution in [2.75, 3.05) is 46.0 Å². The van der Waals surface area contributed by atoms with Gasteiger partial charge in [0.25, 0.3) is 0 Å². The number of nitrogens with zero attached hydrogens (tertiary/aromatic N) is 1. The Labute approximate surface area is 111 Å². The summed E-state index contributed by atoms with van der Waals surface area (Å²) in [6, 6.07) is 0.636. The Morgan fingerprint density at radius 1 is 1.33 bits per heavy atom. The van der Waals surface area contributed by atoms with E-state index in [-0.39, 0.29) is 0 Å². The van der Waals surface area contributed by atoms with Crippen LogP contribution in [0, 0.1) is 5.92 Å². The molecule has 3 unspecified atom stereocenters. The third-order valence-corrected chi connectivity index (χ3v) is 3.95. The Morgan fingerprint density at radius 3 is 3.00 bits per heavy atom. The topological polar surface area (TPSA) is 33.7 Å². The zero-order valence-corrected chi connectivity index (χ0v) is 11.9. The number of hydrogen-bond acceptors (Lipinski definition) is 4. The fourth-order valence-corrected chi connectivity index (χ4v) is 2.96. The second-order valence-corrected chi connectivity index (χ2v) is 5.63. The molecule has 2 heterocycles. The van der Waals surface area contributed by atoms with Crippen molar-refractivity contribution < 1.29 is 9.47 Å². The number of ether oxygens (including phenoxy) is 2. The highest BCUT2D eigenvalue weighted by molar-refractivity contribution is 4.83. The predicted molar refractivity (Wildman–Crippen MR) is 72.9 cm³/mol. The summed E-state index contributed by atoms with van der Waals surface area (Å²) in [5.41, 5.74) is 0. The van der Waals surface area contributed by atoms with E-state index < -0.39 is 0 Å². The van der Waals surface area contributed by atoms with Gasteiger partial charge in [-0.2, -0.15) is 0 Å². The first-order chi connectivity index (χ1) is 8.79. The number of nitrogens with one attached hydrogen (secondary N) is 1. The summed E-state index contributed by atoms with van der Waals surface area (Å²) in [5.74, 6) is 0.635. The average Bonchev–Trinajstić information content (AvgIpc) is 2.38. The minimum absolute atomic E-state index is 0.380. The quantitative estimate of drug-likeness (QED) is 0.799. The van der Waals surface area contributed by atoms with Gasteiger partial charge in [0, 0.05) is 38.2 Å². The Morgan fingerprint density at radius 2 is 2.22 bits per heavy atom. The Hall–Kier alpha value is -0.160. The van der Waals surface area contributed by atoms with Crippen molar-refractivity contribution in [3.8, 4) is 0 Å². The second kappa shape index (κ2) is 7.43. The largest absolute Gasteiger partial charge is 0.381 e. The maximum absolute atomic E-state index is 5.66. The summed E-state index contributed by atoms with van der Waals surface area (Å²) in [6.07, 6.45) is 2.74. The first-order valence-electron chi connectivity index (χ1n) is 7.44. The molecular formula is C14H28N2O2. The highest BCUT2D eigenvalue weighted by atomic mass is 16.5. The summed E-state index contributed by atoms with van der Waals surface area (Å²) in [5, 5.41) is 3.68. The van der Waals surface area contributed by atoms with E-state index >= 15 is 0 Å². The molecule has 0 radical (unpaired) electrons. The van der Waals surface area contributed by atoms with E-state index in [9.17, 15) is 0 Å². The summed E-state index contributed by atoms with van der Waals surface area (Å²) < 4.78 is 11.3. The van der Waals surface area contributed by atoms with Crippen molar-refractivity contribution in [2.45, 2.75) is 38.8 Å². The van der Waals surface area contributed by atoms with E-state index in [4.69, 9.17) is 9.47 Å². The van der Waals surface area contributed by atoms with Gasteiger partial charge in [-0.15, -0.1) is 0 Å². The molecule has 2 rings (SSSR count). The molecule has 0 spiro atoms. The smallest absolute Gasteiger partial charge is 0.0674 e. The van der Waals surface area contributed by atoms with Crippen LogP contribution in [0.15, 0.2) is 0 Å². The molecule has 106 valence electrons. The van der Waals surface area contributed by atoms with Crippen molar-refractivity contribution in [1.82, 2.24) is 10.2 Å². The Balaban J connectivity index is 1.80. The van der Waals surface area contributed by atoms with Crippen LogP contribution >= 0.6 is 0 Å². The predicted octanol–water partition coefficient (Wildman–Crippen LogP) is 1.11. The maximum atomic E-state index is 5.66. The molecule has 0 aromatic heterocycles. The van der Waals surface area contributed by atoms with E-state index in [0.29, 0.717) is 18.1 Å². The van der Waals surface area contributed by atoms with Crippen LogP contribution in [0.2, 0.25) is 0 Å². The van der Waals surface area contributed by atoms with Gasteiger partial charge < -0.3 is 14.8 Å². The molecule has 2 aliphatic rings. The fraction of sp³-hybridized carbons (Fsp3) is 1.00. The SMILES string of the molecule is CCCNC1CCOCC1CN1CCOC(C)C1. The van der Waals surface area contributed by atoms with Gasteiger partial charge in [-0.3, -0.25) is 4.90 Å². The summed E-state index contributed by atoms with van der Waals surface area (Å²) in [7, 11) is 0. The molecule has 4 heteroatoms. The van der Waals surface area contributed by atoms with Gasteiger partial charge in [0.1, 0.15) is 0 Å². The maximum Gasteiger partial charge on any atom is 0.0674 e. The zero-order chi connectivity index (χ0) is 12.8. The van der Waals surface area contributed by atoms with Crippen molar-refractivity contribution in [2.24, 2.45) is 5.92 Å². The molecular weight excluding hydrogens is 228 g/mol. The molecule has 0 saturated carbocycles. The lowest BCUT2D eigenvalue weighted by atomic mass is 9.94. The molecule has 0 amide bonds. The van der Waals surface area contributed by atoms with Gasteiger partial charge in [-0.1, -0.05) is 6.92 Å². The number of rotatable bonds is 5. The first kappa shape index (κ1) is 14.3. The van der Waals surface area contributed by atoms with Crippen molar-refractivity contribution in [1.29, 1.82) is 0 Å². The van der Waals surface area contributed by atoms with E-state index in [1.807, 2.05) is 0 Å². The van der Waals surface area contributed by atoms with Crippen LogP contribution < -0.4 is 5.32 Å². The standard InChI is InChI=1S/C14H28N2O2/c1-3-5-15-14-4-7-17-11-13(14)10-16-6-8-18-12(2)9-16/h12-15H,3-11H2,1-2H3. The lowest BCUT2D eigenvalue weighted by molar-refractivity contribution is -0.0406. The number of morpholine rings is 1. The highest BCUT2D eigenvalue weighted by Crippen LogP contribution is 2.18. The molecule has 3 atom stereocenters. The minimum atomic E-state index is 0.380. The molecule has 2 saturated heterocycles. The van der Waals surface area contributed by atoms with E-state index in [2.05, 4.69) is 24.1 Å². The van der Waals surface area contributed by atoms with E-state index in [0.717, 1.165) is 52.4 Å². The highest BCUT2D eigenvalue weighted by Gasteiger charge is 2.28. The third kappa shape index (κ3) is 4.19. The summed E-state index contributed by atoms with van der Waals surface area (Å²) in [4.78, 5) is 2.54. The Kier molecular flexibility index (Phi) is 5.89. The van der Waals surface area contributed by atoms with Crippen LogP contribution in [0.25, 0.3) is 0 Å². The fourth-order valence-electron chi connectivity index (χ4n) is 2.96. The van der Waals surface area contributed by atoms with Gasteiger partial charge >= 0.3 is 0 Å². The second-order valence-electron chi connectivity index (χ2n) is 5.63. The number of hydrogen-bond donors (Lipinski definition) is 1. The lowest BCUT2D eigenvalue weighted by Gasteiger charge is -2.38. The summed E-state index contributed by atoms with van der Waals surface area (Å²) in [6.45, 7) is 11.5. The van der Waals surface area contributed by atoms with E-state index in [1.165, 1.54) is 6.42 Å². The lowest BCUT2D eigenvalue weighted by Crippen LogP contribution is -2.51. The van der Waals surface area contributed by atoms with Crippen LogP contribution in [-0.4, -0.2) is 63.0 Å². The van der Waals surface area contributed by atoms with Gasteiger partial charge in [-0.05, 0) is 26.3 Å². The first-order valence-corrected chi connectivity index (χ1v) is 7.44. The third-order valence-electron chi connectivity index (χ3n) is 3.95. The molecule has 0 aromatic carbocycles. The van der Waals surface area contributed by atoms with Gasteiger partial charge in [-0.25, -0.2) is 0 Å². The van der Waals surface area contributed by atoms with Crippen molar-refractivity contribution in [3.05, 3.63) is 0 Å². The molecule has 2 fully saturated rings. The molecule has 0 bridgehead atoms. The van der Waals surface area contributed by atoms with Gasteiger partial charge in [0.15, 0.2) is 0 Å². The van der Waals surface area contributed by atoms with Crippen LogP contribution in [-0.2, 0) is 9.47 Å². The average molecular weight is 256 g/mol. The monoisotopic (exact) mass is 256 g/mol. The van der Waals surface area contributed by atoms with E-state index in [1.54, 1.807) is 0 Å². The van der Waals surface area contributed by atoms with Crippen LogP contribution in [0.3, 0.4) is 0 Å².